The van der Waals surface area contributed by atoms with E-state index in [9.17, 15) is 0 Å². The van der Waals surface area contributed by atoms with Crippen molar-refractivity contribution in [3.63, 3.8) is 0 Å². The second-order valence-electron chi connectivity index (χ2n) is 4.85. The zero-order valence-electron chi connectivity index (χ0n) is 10.7. The Hall–Kier alpha value is 0.170. The highest BCUT2D eigenvalue weighted by atomic mass is 79.9. The molecule has 2 aromatic heterocycles. The second kappa shape index (κ2) is 6.08. The van der Waals surface area contributed by atoms with Gasteiger partial charge in [-0.1, -0.05) is 32.4 Å². The van der Waals surface area contributed by atoms with Gasteiger partial charge in [-0.3, -0.25) is 0 Å². The van der Waals surface area contributed by atoms with Crippen LogP contribution in [0.1, 0.15) is 47.9 Å². The fraction of sp³-hybridized carbons (Fsp3) is 0.429. The average molecular weight is 364 g/mol. The lowest BCUT2D eigenvalue weighted by Crippen LogP contribution is -1.95. The minimum Gasteiger partial charge on any atom is -0.133 e. The van der Waals surface area contributed by atoms with Crippen LogP contribution in [0, 0.1) is 0 Å². The lowest BCUT2D eigenvalue weighted by atomic mass is 10.0. The van der Waals surface area contributed by atoms with Crippen LogP contribution in [-0.2, 0) is 6.42 Å². The first-order valence-corrected chi connectivity index (χ1v) is 8.81. The van der Waals surface area contributed by atoms with Crippen LogP contribution in [0.2, 0.25) is 4.34 Å². The summed E-state index contributed by atoms with van der Waals surface area (Å²) in [4.78, 5) is 2.80. The number of hydrogen-bond donors (Lipinski definition) is 0. The van der Waals surface area contributed by atoms with Gasteiger partial charge in [-0.2, -0.15) is 0 Å². The summed E-state index contributed by atoms with van der Waals surface area (Å²) in [6.07, 6.45) is 1.02. The minimum absolute atomic E-state index is 0.522. The lowest BCUT2D eigenvalue weighted by Gasteiger charge is -2.08. The normalized spacial score (nSPS) is 13.2. The van der Waals surface area contributed by atoms with Crippen LogP contribution in [0.3, 0.4) is 0 Å². The topological polar surface area (TPSA) is 0 Å². The molecule has 18 heavy (non-hydrogen) atoms. The molecule has 0 aliphatic rings. The summed E-state index contributed by atoms with van der Waals surface area (Å²) in [5.41, 5.74) is 1.29. The van der Waals surface area contributed by atoms with Crippen LogP contribution in [0.4, 0.5) is 0 Å². The van der Waals surface area contributed by atoms with Gasteiger partial charge >= 0.3 is 0 Å². The van der Waals surface area contributed by atoms with E-state index in [0.717, 1.165) is 10.8 Å². The number of thiophene rings is 2. The maximum absolute atomic E-state index is 6.34. The highest BCUT2D eigenvalue weighted by Gasteiger charge is 2.15. The van der Waals surface area contributed by atoms with Gasteiger partial charge < -0.3 is 0 Å². The first-order chi connectivity index (χ1) is 8.47. The molecule has 0 amide bonds. The van der Waals surface area contributed by atoms with Gasteiger partial charge in [0.25, 0.3) is 0 Å². The molecule has 0 aromatic carbocycles. The molecule has 0 saturated carbocycles. The van der Waals surface area contributed by atoms with Gasteiger partial charge in [0, 0.05) is 9.75 Å². The molecule has 0 nitrogen and oxygen atoms in total. The van der Waals surface area contributed by atoms with Crippen LogP contribution < -0.4 is 0 Å². The molecule has 2 aromatic rings. The van der Waals surface area contributed by atoms with Crippen molar-refractivity contribution in [2.45, 2.75) is 39.0 Å². The second-order valence-corrected chi connectivity index (χ2v) is 9.03. The Morgan fingerprint density at radius 1 is 1.17 bits per heavy atom. The zero-order valence-corrected chi connectivity index (χ0v) is 14.6. The monoisotopic (exact) mass is 362 g/mol. The van der Waals surface area contributed by atoms with Crippen molar-refractivity contribution in [2.75, 3.05) is 0 Å². The molecule has 98 valence electrons. The maximum Gasteiger partial charge on any atom is 0.0963 e. The molecule has 4 heteroatoms. The first-order valence-electron chi connectivity index (χ1n) is 6.00. The summed E-state index contributed by atoms with van der Waals surface area (Å²) in [7, 11) is 0. The largest absolute Gasteiger partial charge is 0.133 e. The fourth-order valence-electron chi connectivity index (χ4n) is 1.87. The summed E-state index contributed by atoms with van der Waals surface area (Å²) in [5.74, 6) is 1.08. The van der Waals surface area contributed by atoms with Gasteiger partial charge in [-0.25, -0.2) is 0 Å². The van der Waals surface area contributed by atoms with Gasteiger partial charge in [-0.15, -0.1) is 22.7 Å². The van der Waals surface area contributed by atoms with Crippen molar-refractivity contribution in [1.82, 2.24) is 0 Å². The Kier molecular flexibility index (Phi) is 4.92. The Bertz CT molecular complexity index is 528. The summed E-state index contributed by atoms with van der Waals surface area (Å²) in [6, 6.07) is 6.59. The quantitative estimate of drug-likeness (QED) is 0.567. The predicted octanol–water partition coefficient (Wildman–Crippen LogP) is 6.70. The van der Waals surface area contributed by atoms with Crippen molar-refractivity contribution in [2.24, 2.45) is 0 Å². The van der Waals surface area contributed by atoms with Gasteiger partial charge in [-0.05, 0) is 57.9 Å². The van der Waals surface area contributed by atoms with Crippen LogP contribution in [0.25, 0.3) is 0 Å². The third-order valence-electron chi connectivity index (χ3n) is 2.95. The van der Waals surface area contributed by atoms with Gasteiger partial charge in [0.2, 0.25) is 0 Å². The SMILES string of the molecule is CC(C)c1cc(CC(C)c2ccc(Br)s2)c(Cl)s1. The first kappa shape index (κ1) is 14.6. The van der Waals surface area contributed by atoms with Crippen molar-refractivity contribution in [1.29, 1.82) is 0 Å². The van der Waals surface area contributed by atoms with E-state index in [2.05, 4.69) is 54.9 Å². The van der Waals surface area contributed by atoms with Gasteiger partial charge in [0.15, 0.2) is 0 Å². The smallest absolute Gasteiger partial charge is 0.0963 e. The third kappa shape index (κ3) is 3.38. The van der Waals surface area contributed by atoms with E-state index in [1.54, 1.807) is 11.3 Å². The molecule has 0 aliphatic carbocycles. The molecule has 0 N–H and O–H groups in total. The number of hydrogen-bond acceptors (Lipinski definition) is 2. The van der Waals surface area contributed by atoms with Crippen LogP contribution in [0.15, 0.2) is 22.0 Å². The Balaban J connectivity index is 2.14. The molecule has 0 radical (unpaired) electrons. The average Bonchev–Trinajstić information content (AvgIpc) is 2.86. The van der Waals surface area contributed by atoms with E-state index in [-0.39, 0.29) is 0 Å². The molecule has 0 aliphatic heterocycles. The molecule has 0 spiro atoms. The summed E-state index contributed by atoms with van der Waals surface area (Å²) >= 11 is 13.4. The summed E-state index contributed by atoms with van der Waals surface area (Å²) in [5, 5.41) is 0. The maximum atomic E-state index is 6.34. The molecular formula is C14H16BrClS2. The van der Waals surface area contributed by atoms with Crippen LogP contribution >= 0.6 is 50.2 Å². The molecular weight excluding hydrogens is 348 g/mol. The molecule has 0 saturated heterocycles. The van der Waals surface area contributed by atoms with E-state index < -0.39 is 0 Å². The van der Waals surface area contributed by atoms with E-state index >= 15 is 0 Å². The highest BCUT2D eigenvalue weighted by molar-refractivity contribution is 9.11. The number of halogens is 2. The molecule has 1 unspecified atom stereocenters. The van der Waals surface area contributed by atoms with Crippen LogP contribution in [-0.4, -0.2) is 0 Å². The third-order valence-corrected chi connectivity index (χ3v) is 6.55. The zero-order chi connectivity index (χ0) is 13.3. The van der Waals surface area contributed by atoms with Crippen molar-refractivity contribution >= 4 is 50.2 Å². The van der Waals surface area contributed by atoms with E-state index in [4.69, 9.17) is 11.6 Å². The van der Waals surface area contributed by atoms with Crippen molar-refractivity contribution in [3.05, 3.63) is 41.6 Å². The van der Waals surface area contributed by atoms with Gasteiger partial charge in [0.1, 0.15) is 0 Å². The number of rotatable bonds is 4. The van der Waals surface area contributed by atoms with E-state index in [1.807, 2.05) is 11.3 Å². The molecule has 1 atom stereocenters. The fourth-order valence-corrected chi connectivity index (χ4v) is 4.67. The lowest BCUT2D eigenvalue weighted by molar-refractivity contribution is 0.775. The molecule has 0 fully saturated rings. The Morgan fingerprint density at radius 2 is 1.89 bits per heavy atom. The van der Waals surface area contributed by atoms with Crippen molar-refractivity contribution < 1.29 is 0 Å². The van der Waals surface area contributed by atoms with E-state index in [0.29, 0.717) is 11.8 Å². The molecule has 2 heterocycles. The Morgan fingerprint density at radius 3 is 2.39 bits per heavy atom. The van der Waals surface area contributed by atoms with E-state index in [1.165, 1.54) is 19.1 Å². The van der Waals surface area contributed by atoms with Gasteiger partial charge in [0.05, 0.1) is 8.12 Å². The summed E-state index contributed by atoms with van der Waals surface area (Å²) in [6.45, 7) is 6.69. The standard InChI is InChI=1S/C14H16BrClS2/c1-8(2)12-7-10(14(16)18-12)6-9(3)11-4-5-13(15)17-11/h4-5,7-9H,6H2,1-3H3. The highest BCUT2D eigenvalue weighted by Crippen LogP contribution is 2.36. The summed E-state index contributed by atoms with van der Waals surface area (Å²) < 4.78 is 2.16. The molecule has 0 bridgehead atoms. The minimum atomic E-state index is 0.522. The Labute approximate surface area is 130 Å². The van der Waals surface area contributed by atoms with Crippen molar-refractivity contribution in [3.8, 4) is 0 Å². The van der Waals surface area contributed by atoms with Crippen LogP contribution in [0.5, 0.6) is 0 Å². The predicted molar refractivity (Wildman–Crippen MR) is 87.6 cm³/mol. The molecule has 2 rings (SSSR count).